The van der Waals surface area contributed by atoms with E-state index in [0.29, 0.717) is 23.6 Å². The lowest BCUT2D eigenvalue weighted by molar-refractivity contribution is -0.274. The molecule has 5 rings (SSSR count). The number of nitrogens with zero attached hydrogens (tertiary/aromatic N) is 1. The first-order valence-corrected chi connectivity index (χ1v) is 11.9. The normalized spacial score (nSPS) is 20.3. The quantitative estimate of drug-likeness (QED) is 0.642. The minimum atomic E-state index is -4.67. The van der Waals surface area contributed by atoms with E-state index >= 15 is 0 Å². The molecule has 2 aliphatic carbocycles. The Morgan fingerprint density at radius 3 is 2.48 bits per heavy atom. The maximum Gasteiger partial charge on any atom is 0.573 e. The molecule has 2 fully saturated rings. The Morgan fingerprint density at radius 1 is 1.12 bits per heavy atom. The minimum Gasteiger partial charge on any atom is -0.406 e. The summed E-state index contributed by atoms with van der Waals surface area (Å²) in [6.45, 7) is 2.51. The number of aromatic amines is 1. The molecule has 0 unspecified atom stereocenters. The Morgan fingerprint density at radius 2 is 1.82 bits per heavy atom. The van der Waals surface area contributed by atoms with Crippen LogP contribution in [-0.4, -0.2) is 36.9 Å². The van der Waals surface area contributed by atoms with Crippen LogP contribution in [0.1, 0.15) is 60.3 Å². The molecular formula is C25H30F3N3O2. The van der Waals surface area contributed by atoms with Crippen molar-refractivity contribution in [3.8, 4) is 5.75 Å². The second-order valence-electron chi connectivity index (χ2n) is 9.91. The van der Waals surface area contributed by atoms with Crippen LogP contribution in [0.25, 0.3) is 0 Å². The summed E-state index contributed by atoms with van der Waals surface area (Å²) in [5.74, 6) is 0.324. The molecule has 1 aliphatic heterocycles. The molecule has 3 aliphatic rings. The molecule has 2 heterocycles. The fourth-order valence-electron chi connectivity index (χ4n) is 5.87. The molecule has 0 bridgehead atoms. The van der Waals surface area contributed by atoms with Crippen LogP contribution in [0, 0.1) is 11.3 Å². The van der Waals surface area contributed by atoms with Crippen molar-refractivity contribution < 1.29 is 22.7 Å². The van der Waals surface area contributed by atoms with Crippen LogP contribution >= 0.6 is 0 Å². The van der Waals surface area contributed by atoms with Crippen LogP contribution in [0.3, 0.4) is 0 Å². The first-order chi connectivity index (χ1) is 15.8. The van der Waals surface area contributed by atoms with Gasteiger partial charge >= 0.3 is 6.36 Å². The van der Waals surface area contributed by atoms with E-state index in [-0.39, 0.29) is 11.7 Å². The van der Waals surface area contributed by atoms with E-state index in [0.717, 1.165) is 57.3 Å². The van der Waals surface area contributed by atoms with Crippen LogP contribution < -0.4 is 15.0 Å². The number of alkyl halides is 3. The van der Waals surface area contributed by atoms with E-state index in [2.05, 4.69) is 19.9 Å². The van der Waals surface area contributed by atoms with Gasteiger partial charge in [0, 0.05) is 31.0 Å². The number of aryl methyl sites for hydroxylation is 2. The SMILES string of the molecule is O=C(NCC1CC2(CCN(c3ccc(OC(F)(F)F)cc3)CC2)C1)c1cc2c([nH]1)CCCC2. The number of amides is 1. The van der Waals surface area contributed by atoms with Gasteiger partial charge in [-0.2, -0.15) is 0 Å². The summed E-state index contributed by atoms with van der Waals surface area (Å²) in [5.41, 5.74) is 4.48. The first kappa shape index (κ1) is 22.2. The van der Waals surface area contributed by atoms with Crippen molar-refractivity contribution >= 4 is 11.6 Å². The molecule has 1 saturated heterocycles. The summed E-state index contributed by atoms with van der Waals surface area (Å²) < 4.78 is 41.0. The highest BCUT2D eigenvalue weighted by Crippen LogP contribution is 2.52. The highest BCUT2D eigenvalue weighted by Gasteiger charge is 2.45. The van der Waals surface area contributed by atoms with E-state index in [9.17, 15) is 18.0 Å². The minimum absolute atomic E-state index is 0.00174. The molecule has 2 N–H and O–H groups in total. The molecule has 1 amide bonds. The van der Waals surface area contributed by atoms with E-state index in [4.69, 9.17) is 0 Å². The number of H-pyrrole nitrogens is 1. The van der Waals surface area contributed by atoms with E-state index in [1.807, 2.05) is 6.07 Å². The fraction of sp³-hybridized carbons (Fsp3) is 0.560. The topological polar surface area (TPSA) is 57.4 Å². The zero-order valence-corrected chi connectivity index (χ0v) is 18.6. The third-order valence-corrected chi connectivity index (χ3v) is 7.61. The van der Waals surface area contributed by atoms with Crippen molar-refractivity contribution in [2.75, 3.05) is 24.5 Å². The second kappa shape index (κ2) is 8.61. The number of anilines is 1. The van der Waals surface area contributed by atoms with E-state index in [1.54, 1.807) is 12.1 Å². The number of hydrogen-bond donors (Lipinski definition) is 2. The van der Waals surface area contributed by atoms with Crippen molar-refractivity contribution in [1.82, 2.24) is 10.3 Å². The molecule has 5 nitrogen and oxygen atoms in total. The first-order valence-electron chi connectivity index (χ1n) is 11.9. The lowest BCUT2D eigenvalue weighted by Gasteiger charge is -2.52. The van der Waals surface area contributed by atoms with Gasteiger partial charge in [-0.15, -0.1) is 13.2 Å². The Kier molecular flexibility index (Phi) is 5.79. The van der Waals surface area contributed by atoms with Crippen molar-refractivity contribution in [2.24, 2.45) is 11.3 Å². The maximum absolute atomic E-state index is 12.6. The molecule has 1 spiro atoms. The number of nitrogens with one attached hydrogen (secondary N) is 2. The van der Waals surface area contributed by atoms with Gasteiger partial charge in [0.05, 0.1) is 0 Å². The molecule has 0 atom stereocenters. The summed E-state index contributed by atoms with van der Waals surface area (Å²) >= 11 is 0. The van der Waals surface area contributed by atoms with Crippen LogP contribution in [0.15, 0.2) is 30.3 Å². The van der Waals surface area contributed by atoms with Crippen LogP contribution in [-0.2, 0) is 12.8 Å². The maximum atomic E-state index is 12.6. The van der Waals surface area contributed by atoms with Gasteiger partial charge in [0.15, 0.2) is 0 Å². The fourth-order valence-corrected chi connectivity index (χ4v) is 5.87. The molecule has 1 aromatic heterocycles. The Labute approximate surface area is 191 Å². The van der Waals surface area contributed by atoms with Gasteiger partial charge in [0.2, 0.25) is 0 Å². The van der Waals surface area contributed by atoms with E-state index < -0.39 is 6.36 Å². The van der Waals surface area contributed by atoms with Gasteiger partial charge < -0.3 is 19.9 Å². The number of rotatable bonds is 5. The number of halogens is 3. The molecule has 178 valence electrons. The number of aromatic nitrogens is 1. The number of piperidine rings is 1. The van der Waals surface area contributed by atoms with Crippen molar-refractivity contribution in [3.05, 3.63) is 47.3 Å². The zero-order valence-electron chi connectivity index (χ0n) is 18.6. The number of benzene rings is 1. The van der Waals surface area contributed by atoms with Crippen molar-refractivity contribution in [3.63, 3.8) is 0 Å². The number of fused-ring (bicyclic) bond motifs is 1. The predicted molar refractivity (Wildman–Crippen MR) is 119 cm³/mol. The highest BCUT2D eigenvalue weighted by molar-refractivity contribution is 5.92. The average Bonchev–Trinajstić information content (AvgIpc) is 3.20. The van der Waals surface area contributed by atoms with Crippen LogP contribution in [0.5, 0.6) is 5.75 Å². The molecule has 0 radical (unpaired) electrons. The van der Waals surface area contributed by atoms with Crippen molar-refractivity contribution in [2.45, 2.75) is 57.7 Å². The zero-order chi connectivity index (χ0) is 23.1. The monoisotopic (exact) mass is 461 g/mol. The predicted octanol–water partition coefficient (Wildman–Crippen LogP) is 5.22. The Bertz CT molecular complexity index is 960. The van der Waals surface area contributed by atoms with Crippen LogP contribution in [0.2, 0.25) is 0 Å². The third-order valence-electron chi connectivity index (χ3n) is 7.61. The second-order valence-corrected chi connectivity index (χ2v) is 9.91. The summed E-state index contributed by atoms with van der Waals surface area (Å²) in [6, 6.07) is 8.14. The number of ether oxygens (including phenoxy) is 1. The average molecular weight is 462 g/mol. The lowest BCUT2D eigenvalue weighted by Crippen LogP contribution is -2.49. The summed E-state index contributed by atoms with van der Waals surface area (Å²) in [5, 5.41) is 3.12. The molecule has 33 heavy (non-hydrogen) atoms. The van der Waals surface area contributed by atoms with Gasteiger partial charge in [-0.3, -0.25) is 4.79 Å². The van der Waals surface area contributed by atoms with Gasteiger partial charge in [-0.05, 0) is 98.6 Å². The van der Waals surface area contributed by atoms with Crippen molar-refractivity contribution in [1.29, 1.82) is 0 Å². The summed E-state index contributed by atoms with van der Waals surface area (Å²) in [7, 11) is 0. The van der Waals surface area contributed by atoms with Gasteiger partial charge in [0.1, 0.15) is 11.4 Å². The molecule has 1 aromatic carbocycles. The van der Waals surface area contributed by atoms with Gasteiger partial charge in [-0.25, -0.2) is 0 Å². The Hall–Kier alpha value is -2.64. The largest absolute Gasteiger partial charge is 0.573 e. The smallest absolute Gasteiger partial charge is 0.406 e. The highest BCUT2D eigenvalue weighted by atomic mass is 19.4. The summed E-state index contributed by atoms with van der Waals surface area (Å²) in [4.78, 5) is 18.1. The van der Waals surface area contributed by atoms with Gasteiger partial charge in [-0.1, -0.05) is 0 Å². The standard InChI is InChI=1S/C25H30F3N3O2/c26-25(27,28)33-20-7-5-19(6-8-20)31-11-9-24(10-12-31)14-17(15-24)16-29-23(32)22-13-18-3-1-2-4-21(18)30-22/h5-8,13,17,30H,1-4,9-12,14-16H2,(H,29,32). The third kappa shape index (κ3) is 4.99. The molecule has 2 aromatic rings. The van der Waals surface area contributed by atoms with Gasteiger partial charge in [0.25, 0.3) is 5.91 Å². The summed E-state index contributed by atoms with van der Waals surface area (Å²) in [6.07, 6.45) is 4.22. The van der Waals surface area contributed by atoms with Crippen LogP contribution in [0.4, 0.5) is 18.9 Å². The number of carbonyl (C=O) groups is 1. The molecular weight excluding hydrogens is 431 g/mol. The number of carbonyl (C=O) groups excluding carboxylic acids is 1. The molecule has 8 heteroatoms. The Balaban J connectivity index is 1.06. The number of hydrogen-bond acceptors (Lipinski definition) is 3. The van der Waals surface area contributed by atoms with E-state index in [1.165, 1.54) is 36.2 Å². The lowest BCUT2D eigenvalue weighted by atomic mass is 9.57. The molecule has 1 saturated carbocycles.